The summed E-state index contributed by atoms with van der Waals surface area (Å²) in [4.78, 5) is 15.1. The highest BCUT2D eigenvalue weighted by atomic mass is 32.2. The number of aliphatic hydroxyl groups is 1. The first-order valence-electron chi connectivity index (χ1n) is 8.48. The number of aliphatic hydroxyl groups excluding tert-OH is 1. The van der Waals surface area contributed by atoms with E-state index in [9.17, 15) is 9.90 Å². The summed E-state index contributed by atoms with van der Waals surface area (Å²) >= 11 is 3.21. The summed E-state index contributed by atoms with van der Waals surface area (Å²) in [5.74, 6) is 0.810. The molecule has 1 atom stereocenters. The Balaban J connectivity index is 1.43. The summed E-state index contributed by atoms with van der Waals surface area (Å²) in [7, 11) is 0. The van der Waals surface area contributed by atoms with E-state index in [4.69, 9.17) is 0 Å². The van der Waals surface area contributed by atoms with Gasteiger partial charge in [0.05, 0.1) is 6.54 Å². The molecule has 0 aliphatic rings. The van der Waals surface area contributed by atoms with E-state index in [-0.39, 0.29) is 5.91 Å². The van der Waals surface area contributed by atoms with E-state index in [2.05, 4.69) is 5.32 Å². The van der Waals surface area contributed by atoms with Crippen molar-refractivity contribution in [3.63, 3.8) is 0 Å². The van der Waals surface area contributed by atoms with Crippen molar-refractivity contribution in [1.29, 1.82) is 0 Å². The molecule has 5 heteroatoms. The third-order valence-corrected chi connectivity index (χ3v) is 6.02. The van der Waals surface area contributed by atoms with E-state index in [1.807, 2.05) is 72.8 Å². The number of nitrogens with one attached hydrogen (secondary N) is 1. The van der Waals surface area contributed by atoms with Crippen LogP contribution in [0.1, 0.15) is 27.8 Å². The monoisotopic (exact) mass is 383 g/mol. The molecule has 0 saturated carbocycles. The van der Waals surface area contributed by atoms with Crippen LogP contribution in [0.4, 0.5) is 0 Å². The van der Waals surface area contributed by atoms with Gasteiger partial charge in [-0.3, -0.25) is 4.79 Å². The molecule has 0 bridgehead atoms. The first-order chi connectivity index (χ1) is 12.7. The molecule has 1 aromatic heterocycles. The number of hydrogen-bond acceptors (Lipinski definition) is 4. The van der Waals surface area contributed by atoms with Crippen LogP contribution in [0.25, 0.3) is 0 Å². The minimum atomic E-state index is -0.618. The van der Waals surface area contributed by atoms with Crippen LogP contribution in [-0.4, -0.2) is 16.8 Å². The second-order valence-electron chi connectivity index (χ2n) is 5.81. The maximum Gasteiger partial charge on any atom is 0.221 e. The first-order valence-corrected chi connectivity index (χ1v) is 10.3. The Morgan fingerprint density at radius 3 is 2.42 bits per heavy atom. The zero-order valence-electron chi connectivity index (χ0n) is 14.3. The Hall–Kier alpha value is -2.08. The number of benzene rings is 2. The average Bonchev–Trinajstić information content (AvgIpc) is 3.16. The highest BCUT2D eigenvalue weighted by molar-refractivity contribution is 7.99. The Bertz CT molecular complexity index is 818. The van der Waals surface area contributed by atoms with Crippen molar-refractivity contribution in [1.82, 2.24) is 5.32 Å². The Labute approximate surface area is 162 Å². The molecule has 0 spiro atoms. The normalized spacial score (nSPS) is 11.9. The van der Waals surface area contributed by atoms with E-state index in [1.165, 1.54) is 16.2 Å². The van der Waals surface area contributed by atoms with Crippen molar-refractivity contribution < 1.29 is 9.90 Å². The Kier molecular flexibility index (Phi) is 6.89. The average molecular weight is 384 g/mol. The van der Waals surface area contributed by atoms with Gasteiger partial charge in [-0.25, -0.2) is 0 Å². The highest BCUT2D eigenvalue weighted by Gasteiger charge is 2.13. The van der Waals surface area contributed by atoms with Crippen molar-refractivity contribution in [3.05, 3.63) is 88.1 Å². The van der Waals surface area contributed by atoms with Gasteiger partial charge in [0.25, 0.3) is 0 Å². The molecule has 3 rings (SSSR count). The number of carbonyl (C=O) groups excluding carboxylic acids is 1. The molecule has 3 nitrogen and oxygen atoms in total. The van der Waals surface area contributed by atoms with Crippen LogP contribution in [0.15, 0.2) is 77.7 Å². The lowest BCUT2D eigenvalue weighted by atomic mass is 10.1. The molecular formula is C21H21NO2S2. The molecular weight excluding hydrogens is 362 g/mol. The van der Waals surface area contributed by atoms with Crippen LogP contribution >= 0.6 is 23.1 Å². The molecule has 3 aromatic rings. The van der Waals surface area contributed by atoms with Crippen LogP contribution < -0.4 is 5.32 Å². The van der Waals surface area contributed by atoms with Gasteiger partial charge in [-0.15, -0.1) is 23.1 Å². The van der Waals surface area contributed by atoms with E-state index in [0.29, 0.717) is 13.0 Å². The van der Waals surface area contributed by atoms with Crippen molar-refractivity contribution in [2.24, 2.45) is 0 Å². The predicted molar refractivity (Wildman–Crippen MR) is 108 cm³/mol. The fourth-order valence-corrected chi connectivity index (χ4v) is 4.33. The van der Waals surface area contributed by atoms with Crippen LogP contribution in [-0.2, 0) is 11.3 Å². The first kappa shape index (κ1) is 18.7. The van der Waals surface area contributed by atoms with E-state index in [1.54, 1.807) is 11.8 Å². The lowest BCUT2D eigenvalue weighted by Crippen LogP contribution is -2.22. The Morgan fingerprint density at radius 2 is 1.69 bits per heavy atom. The molecule has 1 heterocycles. The molecule has 0 aliphatic carbocycles. The number of carbonyl (C=O) groups is 1. The third-order valence-electron chi connectivity index (χ3n) is 3.87. The van der Waals surface area contributed by atoms with Gasteiger partial charge in [-0.05, 0) is 29.8 Å². The van der Waals surface area contributed by atoms with Gasteiger partial charge in [-0.1, -0.05) is 48.5 Å². The second-order valence-corrected chi connectivity index (χ2v) is 8.17. The van der Waals surface area contributed by atoms with Gasteiger partial charge in [0, 0.05) is 26.8 Å². The summed E-state index contributed by atoms with van der Waals surface area (Å²) < 4.78 is 0. The highest BCUT2D eigenvalue weighted by Crippen LogP contribution is 2.28. The second kappa shape index (κ2) is 9.57. The van der Waals surface area contributed by atoms with Gasteiger partial charge in [0.2, 0.25) is 5.91 Å². The minimum Gasteiger partial charge on any atom is -0.383 e. The number of thioether (sulfide) groups is 1. The molecule has 0 unspecified atom stereocenters. The lowest BCUT2D eigenvalue weighted by Gasteiger charge is -2.08. The van der Waals surface area contributed by atoms with Crippen LogP contribution in [0, 0.1) is 0 Å². The van der Waals surface area contributed by atoms with Gasteiger partial charge < -0.3 is 10.4 Å². The number of rotatable bonds is 8. The standard InChI is InChI=1S/C21H21NO2S2/c23-20(13-14-25-17-9-5-2-6-10-17)22-15-18-11-12-19(26-18)21(24)16-7-3-1-4-8-16/h1-12,21,24H,13-15H2,(H,22,23)/t21-/m0/s1. The summed E-state index contributed by atoms with van der Waals surface area (Å²) in [5.41, 5.74) is 0.878. The minimum absolute atomic E-state index is 0.0481. The van der Waals surface area contributed by atoms with E-state index >= 15 is 0 Å². The number of thiophene rings is 1. The summed E-state index contributed by atoms with van der Waals surface area (Å²) in [6, 6.07) is 23.6. The van der Waals surface area contributed by atoms with Crippen LogP contribution in [0.2, 0.25) is 0 Å². The third kappa shape index (κ3) is 5.46. The Morgan fingerprint density at radius 1 is 1.00 bits per heavy atom. The molecule has 134 valence electrons. The van der Waals surface area contributed by atoms with Crippen molar-refractivity contribution in [2.75, 3.05) is 5.75 Å². The van der Waals surface area contributed by atoms with Crippen LogP contribution in [0.5, 0.6) is 0 Å². The molecule has 0 aliphatic heterocycles. The molecule has 2 aromatic carbocycles. The van der Waals surface area contributed by atoms with E-state index in [0.717, 1.165) is 21.1 Å². The molecule has 1 amide bonds. The SMILES string of the molecule is O=C(CCSc1ccccc1)NCc1ccc([C@@H](O)c2ccccc2)s1. The van der Waals surface area contributed by atoms with Gasteiger partial charge in [0.15, 0.2) is 0 Å². The van der Waals surface area contributed by atoms with Crippen molar-refractivity contribution >= 4 is 29.0 Å². The largest absolute Gasteiger partial charge is 0.383 e. The van der Waals surface area contributed by atoms with Gasteiger partial charge >= 0.3 is 0 Å². The smallest absolute Gasteiger partial charge is 0.221 e. The van der Waals surface area contributed by atoms with Crippen molar-refractivity contribution in [3.8, 4) is 0 Å². The number of hydrogen-bond donors (Lipinski definition) is 2. The maximum atomic E-state index is 12.0. The fraction of sp³-hybridized carbons (Fsp3) is 0.190. The van der Waals surface area contributed by atoms with Crippen LogP contribution in [0.3, 0.4) is 0 Å². The summed E-state index contributed by atoms with van der Waals surface area (Å²) in [6.45, 7) is 0.501. The molecule has 0 fully saturated rings. The molecule has 0 radical (unpaired) electrons. The maximum absolute atomic E-state index is 12.0. The summed E-state index contributed by atoms with van der Waals surface area (Å²) in [5, 5.41) is 13.4. The van der Waals surface area contributed by atoms with Gasteiger partial charge in [0.1, 0.15) is 6.10 Å². The van der Waals surface area contributed by atoms with Gasteiger partial charge in [-0.2, -0.15) is 0 Å². The fourth-order valence-electron chi connectivity index (χ4n) is 2.49. The van der Waals surface area contributed by atoms with E-state index < -0.39 is 6.10 Å². The molecule has 0 saturated heterocycles. The van der Waals surface area contributed by atoms with Crippen molar-refractivity contribution in [2.45, 2.75) is 24.0 Å². The number of amides is 1. The molecule has 26 heavy (non-hydrogen) atoms. The zero-order chi connectivity index (χ0) is 18.2. The topological polar surface area (TPSA) is 49.3 Å². The lowest BCUT2D eigenvalue weighted by molar-refractivity contribution is -0.120. The zero-order valence-corrected chi connectivity index (χ0v) is 15.9. The predicted octanol–water partition coefficient (Wildman–Crippen LogP) is 4.63. The quantitative estimate of drug-likeness (QED) is 0.558. The summed E-state index contributed by atoms with van der Waals surface area (Å²) in [6.07, 6.45) is -0.127. The molecule has 2 N–H and O–H groups in total.